The standard InChI is InChI=1S/C14H20N2S2/c1-5-7-15-12(13-9(2)6-8-17-13)14-16-10(3)11(4)18-14/h6,8,12,15H,5,7H2,1-4H3. The summed E-state index contributed by atoms with van der Waals surface area (Å²) in [6.07, 6.45) is 1.14. The van der Waals surface area contributed by atoms with Crippen molar-refractivity contribution in [2.45, 2.75) is 40.2 Å². The van der Waals surface area contributed by atoms with Gasteiger partial charge in [-0.15, -0.1) is 22.7 Å². The molecule has 0 bridgehead atoms. The fourth-order valence-electron chi connectivity index (χ4n) is 1.88. The Kier molecular flexibility index (Phi) is 4.54. The first-order valence-electron chi connectivity index (χ1n) is 6.34. The summed E-state index contributed by atoms with van der Waals surface area (Å²) in [7, 11) is 0. The molecule has 0 amide bonds. The molecule has 2 rings (SSSR count). The van der Waals surface area contributed by atoms with Gasteiger partial charge in [0, 0.05) is 9.75 Å². The molecule has 0 saturated heterocycles. The van der Waals surface area contributed by atoms with E-state index in [-0.39, 0.29) is 6.04 Å². The summed E-state index contributed by atoms with van der Waals surface area (Å²) < 4.78 is 0. The Hall–Kier alpha value is -0.710. The van der Waals surface area contributed by atoms with Crippen LogP contribution in [0, 0.1) is 20.8 Å². The van der Waals surface area contributed by atoms with E-state index in [9.17, 15) is 0 Å². The zero-order valence-corrected chi connectivity index (χ0v) is 13.0. The van der Waals surface area contributed by atoms with Crippen LogP contribution in [-0.2, 0) is 0 Å². The Balaban J connectivity index is 2.33. The molecule has 2 heterocycles. The second-order valence-electron chi connectivity index (χ2n) is 4.55. The zero-order chi connectivity index (χ0) is 13.1. The average Bonchev–Trinajstić information content (AvgIpc) is 2.88. The lowest BCUT2D eigenvalue weighted by atomic mass is 10.1. The molecule has 0 aliphatic heterocycles. The fourth-order valence-corrected chi connectivity index (χ4v) is 3.97. The average molecular weight is 280 g/mol. The van der Waals surface area contributed by atoms with E-state index in [2.05, 4.69) is 44.5 Å². The number of aryl methyl sites for hydroxylation is 3. The third-order valence-electron chi connectivity index (χ3n) is 3.05. The highest BCUT2D eigenvalue weighted by Crippen LogP contribution is 2.32. The summed E-state index contributed by atoms with van der Waals surface area (Å²) in [6.45, 7) is 9.64. The van der Waals surface area contributed by atoms with Gasteiger partial charge in [0.15, 0.2) is 0 Å². The van der Waals surface area contributed by atoms with Crippen LogP contribution in [0.25, 0.3) is 0 Å². The van der Waals surface area contributed by atoms with Crippen LogP contribution in [0.5, 0.6) is 0 Å². The van der Waals surface area contributed by atoms with Crippen molar-refractivity contribution >= 4 is 22.7 Å². The molecule has 2 aromatic heterocycles. The lowest BCUT2D eigenvalue weighted by Crippen LogP contribution is -2.22. The first-order valence-corrected chi connectivity index (χ1v) is 8.04. The maximum Gasteiger partial charge on any atom is 0.115 e. The quantitative estimate of drug-likeness (QED) is 0.887. The van der Waals surface area contributed by atoms with Crippen LogP contribution < -0.4 is 5.32 Å². The van der Waals surface area contributed by atoms with Crippen LogP contribution >= 0.6 is 22.7 Å². The molecule has 0 aliphatic rings. The molecule has 0 fully saturated rings. The molecule has 0 radical (unpaired) electrons. The molecule has 18 heavy (non-hydrogen) atoms. The maximum atomic E-state index is 4.72. The number of aromatic nitrogens is 1. The van der Waals surface area contributed by atoms with E-state index in [1.807, 2.05) is 22.7 Å². The van der Waals surface area contributed by atoms with Gasteiger partial charge in [0.2, 0.25) is 0 Å². The highest BCUT2D eigenvalue weighted by molar-refractivity contribution is 7.12. The minimum absolute atomic E-state index is 0.266. The van der Waals surface area contributed by atoms with Gasteiger partial charge < -0.3 is 5.32 Å². The number of rotatable bonds is 5. The maximum absolute atomic E-state index is 4.72. The monoisotopic (exact) mass is 280 g/mol. The molecule has 4 heteroatoms. The van der Waals surface area contributed by atoms with Crippen molar-refractivity contribution in [3.63, 3.8) is 0 Å². The van der Waals surface area contributed by atoms with E-state index in [4.69, 9.17) is 4.98 Å². The lowest BCUT2D eigenvalue weighted by Gasteiger charge is -2.15. The highest BCUT2D eigenvalue weighted by atomic mass is 32.1. The van der Waals surface area contributed by atoms with Gasteiger partial charge in [-0.3, -0.25) is 0 Å². The summed E-state index contributed by atoms with van der Waals surface area (Å²) in [5.74, 6) is 0. The lowest BCUT2D eigenvalue weighted by molar-refractivity contribution is 0.600. The second-order valence-corrected chi connectivity index (χ2v) is 6.73. The molecular weight excluding hydrogens is 260 g/mol. The van der Waals surface area contributed by atoms with Gasteiger partial charge in [-0.1, -0.05) is 6.92 Å². The van der Waals surface area contributed by atoms with Crippen molar-refractivity contribution in [3.8, 4) is 0 Å². The Morgan fingerprint density at radius 3 is 2.61 bits per heavy atom. The van der Waals surface area contributed by atoms with E-state index in [0.717, 1.165) is 18.7 Å². The molecule has 1 unspecified atom stereocenters. The van der Waals surface area contributed by atoms with E-state index < -0.39 is 0 Å². The number of hydrogen-bond acceptors (Lipinski definition) is 4. The van der Waals surface area contributed by atoms with Crippen molar-refractivity contribution in [1.82, 2.24) is 10.3 Å². The number of nitrogens with one attached hydrogen (secondary N) is 1. The summed E-state index contributed by atoms with van der Waals surface area (Å²) in [5.41, 5.74) is 2.52. The number of thiophene rings is 1. The van der Waals surface area contributed by atoms with Crippen molar-refractivity contribution in [1.29, 1.82) is 0 Å². The molecule has 1 N–H and O–H groups in total. The molecule has 0 saturated carbocycles. The summed E-state index contributed by atoms with van der Waals surface area (Å²) in [5, 5.41) is 6.99. The summed E-state index contributed by atoms with van der Waals surface area (Å²) in [6, 6.07) is 2.45. The Morgan fingerprint density at radius 1 is 1.33 bits per heavy atom. The van der Waals surface area contributed by atoms with Gasteiger partial charge in [-0.05, 0) is 50.7 Å². The SMILES string of the molecule is CCCNC(c1nc(C)c(C)s1)c1sccc1C. The Labute approximate surface area is 117 Å². The van der Waals surface area contributed by atoms with Crippen molar-refractivity contribution in [2.75, 3.05) is 6.54 Å². The third kappa shape index (κ3) is 2.82. The normalized spacial score (nSPS) is 12.9. The van der Waals surface area contributed by atoms with Crippen molar-refractivity contribution in [2.24, 2.45) is 0 Å². The molecule has 2 aromatic rings. The smallest absolute Gasteiger partial charge is 0.115 e. The van der Waals surface area contributed by atoms with Crippen LogP contribution in [-0.4, -0.2) is 11.5 Å². The third-order valence-corrected chi connectivity index (χ3v) is 5.28. The molecule has 0 aliphatic carbocycles. The largest absolute Gasteiger partial charge is 0.304 e. The minimum atomic E-state index is 0.266. The molecular formula is C14H20N2S2. The number of hydrogen-bond donors (Lipinski definition) is 1. The minimum Gasteiger partial charge on any atom is -0.304 e. The van der Waals surface area contributed by atoms with Gasteiger partial charge in [0.1, 0.15) is 5.01 Å². The Bertz CT molecular complexity index is 494. The summed E-state index contributed by atoms with van der Waals surface area (Å²) >= 11 is 3.64. The van der Waals surface area contributed by atoms with Gasteiger partial charge in [-0.2, -0.15) is 0 Å². The summed E-state index contributed by atoms with van der Waals surface area (Å²) in [4.78, 5) is 7.45. The topological polar surface area (TPSA) is 24.9 Å². The van der Waals surface area contributed by atoms with E-state index >= 15 is 0 Å². The van der Waals surface area contributed by atoms with Crippen LogP contribution in [0.3, 0.4) is 0 Å². The van der Waals surface area contributed by atoms with Gasteiger partial charge in [-0.25, -0.2) is 4.98 Å². The second kappa shape index (κ2) is 5.95. The van der Waals surface area contributed by atoms with Crippen molar-refractivity contribution in [3.05, 3.63) is 37.5 Å². The van der Waals surface area contributed by atoms with Gasteiger partial charge >= 0.3 is 0 Å². The van der Waals surface area contributed by atoms with Crippen LogP contribution in [0.4, 0.5) is 0 Å². The van der Waals surface area contributed by atoms with Gasteiger partial charge in [0.25, 0.3) is 0 Å². The van der Waals surface area contributed by atoms with E-state index in [0.29, 0.717) is 0 Å². The fraction of sp³-hybridized carbons (Fsp3) is 0.500. The molecule has 2 nitrogen and oxygen atoms in total. The van der Waals surface area contributed by atoms with E-state index in [1.54, 1.807) is 0 Å². The predicted octanol–water partition coefficient (Wildman–Crippen LogP) is 4.22. The number of thiazole rings is 1. The molecule has 1 atom stereocenters. The molecule has 0 spiro atoms. The first kappa shape index (κ1) is 13.7. The van der Waals surface area contributed by atoms with Crippen LogP contribution in [0.1, 0.15) is 45.4 Å². The molecule has 0 aromatic carbocycles. The van der Waals surface area contributed by atoms with Gasteiger partial charge in [0.05, 0.1) is 11.7 Å². The zero-order valence-electron chi connectivity index (χ0n) is 11.4. The Morgan fingerprint density at radius 2 is 2.11 bits per heavy atom. The van der Waals surface area contributed by atoms with E-state index in [1.165, 1.54) is 20.3 Å². The predicted molar refractivity (Wildman–Crippen MR) is 80.8 cm³/mol. The molecule has 98 valence electrons. The van der Waals surface area contributed by atoms with Crippen LogP contribution in [0.2, 0.25) is 0 Å². The van der Waals surface area contributed by atoms with Crippen LogP contribution in [0.15, 0.2) is 11.4 Å². The van der Waals surface area contributed by atoms with Crippen molar-refractivity contribution < 1.29 is 0 Å². The number of nitrogens with zero attached hydrogens (tertiary/aromatic N) is 1. The highest BCUT2D eigenvalue weighted by Gasteiger charge is 2.20. The first-order chi connectivity index (χ1) is 8.63.